The number of hydrogen-bond donors (Lipinski definition) is 3. The lowest BCUT2D eigenvalue weighted by atomic mass is 9.87. The van der Waals surface area contributed by atoms with Gasteiger partial charge in [0.2, 0.25) is 5.91 Å². The van der Waals surface area contributed by atoms with Crippen molar-refractivity contribution in [2.45, 2.75) is 57.2 Å². The molecule has 0 aliphatic carbocycles. The maximum absolute atomic E-state index is 13.3. The van der Waals surface area contributed by atoms with Gasteiger partial charge in [0, 0.05) is 7.05 Å². The lowest BCUT2D eigenvalue weighted by Gasteiger charge is -2.35. The Morgan fingerprint density at radius 1 is 1.00 bits per heavy atom. The fourth-order valence-electron chi connectivity index (χ4n) is 3.61. The van der Waals surface area contributed by atoms with Crippen molar-refractivity contribution in [1.82, 2.24) is 10.6 Å². The summed E-state index contributed by atoms with van der Waals surface area (Å²) in [4.78, 5) is 37.8. The summed E-state index contributed by atoms with van der Waals surface area (Å²) in [7, 11) is 1.51. The smallest absolute Gasteiger partial charge is 0.327 e. The van der Waals surface area contributed by atoms with Crippen molar-refractivity contribution in [2.24, 2.45) is 0 Å². The molecule has 1 amide bonds. The van der Waals surface area contributed by atoms with Gasteiger partial charge in [0.15, 0.2) is 0 Å². The molecule has 0 spiro atoms. The molecule has 2 rings (SSSR count). The molecule has 0 radical (unpaired) electrons. The van der Waals surface area contributed by atoms with Crippen LogP contribution in [0.4, 0.5) is 0 Å². The summed E-state index contributed by atoms with van der Waals surface area (Å²) in [6.45, 7) is 1.99. The van der Waals surface area contributed by atoms with Gasteiger partial charge in [-0.1, -0.05) is 80.4 Å². The van der Waals surface area contributed by atoms with Crippen LogP contribution in [-0.2, 0) is 32.1 Å². The van der Waals surface area contributed by atoms with E-state index in [0.29, 0.717) is 12.8 Å². The molecule has 7 heteroatoms. The number of hydrogen-bond acceptors (Lipinski definition) is 5. The van der Waals surface area contributed by atoms with Gasteiger partial charge in [0.05, 0.1) is 12.5 Å². The molecule has 0 heterocycles. The number of carboxylic acid groups (broad SMARTS) is 1. The van der Waals surface area contributed by atoms with Gasteiger partial charge < -0.3 is 15.2 Å². The summed E-state index contributed by atoms with van der Waals surface area (Å²) in [6, 6.07) is 17.8. The molecular formula is C25H32N2O5. The molecule has 3 N–H and O–H groups in total. The van der Waals surface area contributed by atoms with Crippen LogP contribution in [0.1, 0.15) is 43.7 Å². The Bertz CT molecular complexity index is 872. The number of carbonyl (C=O) groups excluding carboxylic acids is 2. The van der Waals surface area contributed by atoms with E-state index in [1.54, 1.807) is 0 Å². The normalized spacial score (nSPS) is 13.6. The number of aliphatic carboxylic acids is 1. The van der Waals surface area contributed by atoms with Crippen LogP contribution in [0.5, 0.6) is 0 Å². The Morgan fingerprint density at radius 2 is 1.59 bits per heavy atom. The second-order valence-corrected chi connectivity index (χ2v) is 7.82. The van der Waals surface area contributed by atoms with Gasteiger partial charge in [-0.15, -0.1) is 0 Å². The van der Waals surface area contributed by atoms with Crippen LogP contribution in [0.3, 0.4) is 0 Å². The van der Waals surface area contributed by atoms with E-state index in [2.05, 4.69) is 10.6 Å². The van der Waals surface area contributed by atoms with E-state index >= 15 is 0 Å². The first kappa shape index (κ1) is 25.1. The first-order valence-corrected chi connectivity index (χ1v) is 10.9. The second-order valence-electron chi connectivity index (χ2n) is 7.82. The van der Waals surface area contributed by atoms with E-state index in [1.807, 2.05) is 67.6 Å². The predicted molar refractivity (Wildman–Crippen MR) is 122 cm³/mol. The molecule has 32 heavy (non-hydrogen) atoms. The van der Waals surface area contributed by atoms with Crippen molar-refractivity contribution in [3.05, 3.63) is 71.8 Å². The van der Waals surface area contributed by atoms with Crippen molar-refractivity contribution in [3.63, 3.8) is 0 Å². The van der Waals surface area contributed by atoms with Crippen LogP contribution in [0.2, 0.25) is 0 Å². The maximum Gasteiger partial charge on any atom is 0.327 e. The van der Waals surface area contributed by atoms with E-state index < -0.39 is 29.9 Å². The highest BCUT2D eigenvalue weighted by atomic mass is 16.5. The number of carboxylic acids is 1. The molecule has 7 nitrogen and oxygen atoms in total. The average molecular weight is 441 g/mol. The quantitative estimate of drug-likeness (QED) is 0.414. The zero-order valence-electron chi connectivity index (χ0n) is 18.7. The van der Waals surface area contributed by atoms with E-state index in [9.17, 15) is 19.5 Å². The molecule has 0 aliphatic rings. The van der Waals surface area contributed by atoms with E-state index in [1.165, 1.54) is 7.05 Å². The minimum Gasteiger partial charge on any atom is -0.481 e. The van der Waals surface area contributed by atoms with Crippen molar-refractivity contribution in [2.75, 3.05) is 7.05 Å². The zero-order valence-corrected chi connectivity index (χ0v) is 18.7. The molecular weight excluding hydrogens is 408 g/mol. The van der Waals surface area contributed by atoms with E-state index in [4.69, 9.17) is 4.74 Å². The number of amides is 1. The minimum absolute atomic E-state index is 0.0260. The third-order valence-electron chi connectivity index (χ3n) is 5.31. The third kappa shape index (κ3) is 7.50. The fraction of sp³-hybridized carbons (Fsp3) is 0.400. The SMILES string of the molecule is CCCC[C@](CC(=O)O)(N[C@@H](Cc1ccccc1)C(=O)NC)C(=O)OCc1ccccc1. The minimum atomic E-state index is -1.53. The van der Waals surface area contributed by atoms with Gasteiger partial charge in [-0.05, 0) is 24.0 Å². The first-order valence-electron chi connectivity index (χ1n) is 10.9. The fourth-order valence-corrected chi connectivity index (χ4v) is 3.61. The number of nitrogens with one attached hydrogen (secondary N) is 2. The molecule has 0 saturated heterocycles. The number of likely N-dealkylation sites (N-methyl/N-ethyl adjacent to an activating group) is 1. The molecule has 2 atom stereocenters. The van der Waals surface area contributed by atoms with Crippen LogP contribution in [0.25, 0.3) is 0 Å². The van der Waals surface area contributed by atoms with Gasteiger partial charge in [0.1, 0.15) is 12.1 Å². The van der Waals surface area contributed by atoms with E-state index in [-0.39, 0.29) is 18.9 Å². The van der Waals surface area contributed by atoms with Crippen molar-refractivity contribution in [1.29, 1.82) is 0 Å². The topological polar surface area (TPSA) is 105 Å². The third-order valence-corrected chi connectivity index (χ3v) is 5.31. The summed E-state index contributed by atoms with van der Waals surface area (Å²) in [5.41, 5.74) is 0.168. The maximum atomic E-state index is 13.3. The standard InChI is InChI=1S/C25H32N2O5/c1-3-4-15-25(17-22(28)29,24(31)32-18-20-13-9-6-10-14-20)27-21(23(30)26-2)16-19-11-7-5-8-12-19/h5-14,21,27H,3-4,15-18H2,1-2H3,(H,26,30)(H,28,29)/t21-,25+/m0/s1. The number of benzene rings is 2. The lowest BCUT2D eigenvalue weighted by Crippen LogP contribution is -2.61. The Morgan fingerprint density at radius 3 is 2.12 bits per heavy atom. The van der Waals surface area contributed by atoms with Crippen LogP contribution in [0.15, 0.2) is 60.7 Å². The zero-order chi connectivity index (χ0) is 23.4. The van der Waals surface area contributed by atoms with Gasteiger partial charge >= 0.3 is 11.9 Å². The monoisotopic (exact) mass is 440 g/mol. The van der Waals surface area contributed by atoms with Crippen molar-refractivity contribution < 1.29 is 24.2 Å². The van der Waals surface area contributed by atoms with Crippen LogP contribution < -0.4 is 10.6 Å². The number of unbranched alkanes of at least 4 members (excludes halogenated alkanes) is 1. The Kier molecular flexibility index (Phi) is 9.88. The van der Waals surface area contributed by atoms with Gasteiger partial charge in [-0.3, -0.25) is 19.7 Å². The summed E-state index contributed by atoms with van der Waals surface area (Å²) < 4.78 is 5.56. The molecule has 0 bridgehead atoms. The van der Waals surface area contributed by atoms with Gasteiger partial charge in [0.25, 0.3) is 0 Å². The molecule has 2 aromatic carbocycles. The van der Waals surface area contributed by atoms with Gasteiger partial charge in [-0.25, -0.2) is 0 Å². The largest absolute Gasteiger partial charge is 0.481 e. The molecule has 0 unspecified atom stereocenters. The summed E-state index contributed by atoms with van der Waals surface area (Å²) in [6.07, 6.45) is 1.43. The molecule has 0 saturated carbocycles. The summed E-state index contributed by atoms with van der Waals surface area (Å²) in [5, 5.41) is 15.3. The number of rotatable bonds is 13. The van der Waals surface area contributed by atoms with Crippen molar-refractivity contribution in [3.8, 4) is 0 Å². The molecule has 0 aromatic heterocycles. The highest BCUT2D eigenvalue weighted by Crippen LogP contribution is 2.24. The summed E-state index contributed by atoms with van der Waals surface area (Å²) >= 11 is 0. The Labute approximate surface area is 189 Å². The number of carbonyl (C=O) groups is 3. The molecule has 0 fully saturated rings. The highest BCUT2D eigenvalue weighted by Gasteiger charge is 2.44. The Hall–Kier alpha value is -3.19. The number of esters is 1. The predicted octanol–water partition coefficient (Wildman–Crippen LogP) is 3.08. The first-order chi connectivity index (χ1) is 15.4. The Balaban J connectivity index is 2.33. The second kappa shape index (κ2) is 12.6. The highest BCUT2D eigenvalue weighted by molar-refractivity contribution is 5.88. The van der Waals surface area contributed by atoms with Crippen molar-refractivity contribution >= 4 is 17.8 Å². The molecule has 0 aliphatic heterocycles. The molecule has 172 valence electrons. The van der Waals surface area contributed by atoms with Crippen LogP contribution >= 0.6 is 0 Å². The lowest BCUT2D eigenvalue weighted by molar-refractivity contribution is -0.159. The molecule has 2 aromatic rings. The summed E-state index contributed by atoms with van der Waals surface area (Å²) in [5.74, 6) is -2.13. The average Bonchev–Trinajstić information content (AvgIpc) is 2.81. The van der Waals surface area contributed by atoms with E-state index in [0.717, 1.165) is 17.5 Å². The van der Waals surface area contributed by atoms with Gasteiger partial charge in [-0.2, -0.15) is 0 Å². The number of ether oxygens (including phenoxy) is 1. The van der Waals surface area contributed by atoms with Crippen LogP contribution in [0, 0.1) is 0 Å². The van der Waals surface area contributed by atoms with Crippen LogP contribution in [-0.4, -0.2) is 41.6 Å².